The van der Waals surface area contributed by atoms with Gasteiger partial charge < -0.3 is 25.0 Å². The fourth-order valence-electron chi connectivity index (χ4n) is 3.83. The van der Waals surface area contributed by atoms with E-state index < -0.39 is 29.7 Å². The van der Waals surface area contributed by atoms with Crippen LogP contribution in [0.3, 0.4) is 0 Å². The number of nitrogens with one attached hydrogen (secondary N) is 2. The monoisotopic (exact) mass is 515 g/mol. The summed E-state index contributed by atoms with van der Waals surface area (Å²) >= 11 is 4.28. The Labute approximate surface area is 219 Å². The Morgan fingerprint density at radius 3 is 2.08 bits per heavy atom. The predicted molar refractivity (Wildman–Crippen MR) is 145 cm³/mol. The van der Waals surface area contributed by atoms with Gasteiger partial charge in [0.15, 0.2) is 0 Å². The van der Waals surface area contributed by atoms with Crippen LogP contribution in [0.25, 0.3) is 0 Å². The lowest BCUT2D eigenvalue weighted by Crippen LogP contribution is -2.53. The molecule has 9 heteroatoms. The maximum atomic E-state index is 13.6. The van der Waals surface area contributed by atoms with Crippen LogP contribution in [0.15, 0.2) is 42.5 Å². The maximum Gasteiger partial charge on any atom is 0.408 e. The van der Waals surface area contributed by atoms with Crippen molar-refractivity contribution in [3.63, 3.8) is 0 Å². The average Bonchev–Trinajstić information content (AvgIpc) is 2.79. The van der Waals surface area contributed by atoms with Gasteiger partial charge in [-0.25, -0.2) is 4.79 Å². The topological polar surface area (TPSA) is 97.0 Å². The standard InChI is InChI=1S/C27H37N3O5S/c1-8-30(25(32)22(16-36)29-26(33)35-27(4,5)6)23(19-14-17(2)13-18(3)15-19)24(31)28-20-9-11-21(34-7)12-10-20/h9-15,22-23,36H,8,16H2,1-7H3,(H,28,31)(H,29,33). The maximum absolute atomic E-state index is 13.6. The first-order valence-electron chi connectivity index (χ1n) is 11.8. The minimum Gasteiger partial charge on any atom is -0.497 e. The minimum absolute atomic E-state index is 0.0360. The summed E-state index contributed by atoms with van der Waals surface area (Å²) in [5.41, 5.74) is 2.44. The second-order valence-electron chi connectivity index (χ2n) is 9.55. The molecular formula is C27H37N3O5S. The van der Waals surface area contributed by atoms with E-state index in [2.05, 4.69) is 23.3 Å². The highest BCUT2D eigenvalue weighted by molar-refractivity contribution is 7.80. The molecule has 0 aromatic heterocycles. The first-order valence-corrected chi connectivity index (χ1v) is 12.5. The molecule has 2 aromatic rings. The molecule has 0 aliphatic carbocycles. The number of nitrogens with zero attached hydrogens (tertiary/aromatic N) is 1. The molecule has 36 heavy (non-hydrogen) atoms. The zero-order chi connectivity index (χ0) is 27.0. The number of benzene rings is 2. The molecule has 2 unspecified atom stereocenters. The van der Waals surface area contributed by atoms with Gasteiger partial charge in [-0.15, -0.1) is 0 Å². The molecule has 0 heterocycles. The van der Waals surface area contributed by atoms with E-state index in [9.17, 15) is 14.4 Å². The number of rotatable bonds is 9. The number of methoxy groups -OCH3 is 1. The molecule has 196 valence electrons. The van der Waals surface area contributed by atoms with E-state index >= 15 is 0 Å². The van der Waals surface area contributed by atoms with E-state index in [-0.39, 0.29) is 18.2 Å². The molecule has 2 rings (SSSR count). The fourth-order valence-corrected chi connectivity index (χ4v) is 4.07. The number of hydrogen-bond donors (Lipinski definition) is 3. The lowest BCUT2D eigenvalue weighted by molar-refractivity contribution is -0.140. The summed E-state index contributed by atoms with van der Waals surface area (Å²) in [4.78, 5) is 41.1. The van der Waals surface area contributed by atoms with E-state index in [1.54, 1.807) is 59.1 Å². The van der Waals surface area contributed by atoms with Crippen LogP contribution in [0, 0.1) is 13.8 Å². The first-order chi connectivity index (χ1) is 16.9. The number of ether oxygens (including phenoxy) is 2. The van der Waals surface area contributed by atoms with Crippen LogP contribution in [0.5, 0.6) is 5.75 Å². The van der Waals surface area contributed by atoms with Gasteiger partial charge in [-0.3, -0.25) is 9.59 Å². The number of likely N-dealkylation sites (N-methyl/N-ethyl adjacent to an activating group) is 1. The number of amides is 3. The Morgan fingerprint density at radius 2 is 1.61 bits per heavy atom. The Balaban J connectivity index is 2.42. The highest BCUT2D eigenvalue weighted by atomic mass is 32.1. The van der Waals surface area contributed by atoms with Gasteiger partial charge in [-0.2, -0.15) is 12.6 Å². The summed E-state index contributed by atoms with van der Waals surface area (Å²) in [5.74, 6) is -0.120. The zero-order valence-electron chi connectivity index (χ0n) is 22.0. The number of carbonyl (C=O) groups is 3. The zero-order valence-corrected chi connectivity index (χ0v) is 22.9. The molecule has 8 nitrogen and oxygen atoms in total. The van der Waals surface area contributed by atoms with Crippen molar-refractivity contribution in [2.45, 2.75) is 59.2 Å². The third-order valence-electron chi connectivity index (χ3n) is 5.27. The van der Waals surface area contributed by atoms with Crippen molar-refractivity contribution in [1.29, 1.82) is 0 Å². The molecule has 0 fully saturated rings. The molecule has 0 radical (unpaired) electrons. The Kier molecular flexibility index (Phi) is 10.2. The third-order valence-corrected chi connectivity index (χ3v) is 5.64. The van der Waals surface area contributed by atoms with Crippen molar-refractivity contribution < 1.29 is 23.9 Å². The summed E-state index contributed by atoms with van der Waals surface area (Å²) in [6.07, 6.45) is -0.725. The van der Waals surface area contributed by atoms with Crippen LogP contribution >= 0.6 is 12.6 Å². The minimum atomic E-state index is -0.981. The van der Waals surface area contributed by atoms with Crippen molar-refractivity contribution in [2.24, 2.45) is 0 Å². The fraction of sp³-hybridized carbons (Fsp3) is 0.444. The van der Waals surface area contributed by atoms with Gasteiger partial charge in [-0.1, -0.05) is 29.3 Å². The summed E-state index contributed by atoms with van der Waals surface area (Å²) < 4.78 is 10.5. The van der Waals surface area contributed by atoms with Gasteiger partial charge in [-0.05, 0) is 71.4 Å². The highest BCUT2D eigenvalue weighted by Gasteiger charge is 2.35. The molecule has 2 aromatic carbocycles. The van der Waals surface area contributed by atoms with E-state index in [0.29, 0.717) is 17.0 Å². The van der Waals surface area contributed by atoms with Crippen molar-refractivity contribution in [3.8, 4) is 5.75 Å². The Bertz CT molecular complexity index is 1050. The van der Waals surface area contributed by atoms with Crippen molar-refractivity contribution in [1.82, 2.24) is 10.2 Å². The predicted octanol–water partition coefficient (Wildman–Crippen LogP) is 4.66. The summed E-state index contributed by atoms with van der Waals surface area (Å²) in [6.45, 7) is 11.1. The largest absolute Gasteiger partial charge is 0.497 e. The van der Waals surface area contributed by atoms with Gasteiger partial charge in [0, 0.05) is 18.0 Å². The molecule has 0 saturated carbocycles. The molecule has 0 bridgehead atoms. The molecule has 3 amide bonds. The van der Waals surface area contributed by atoms with Crippen LogP contribution in [-0.4, -0.2) is 53.9 Å². The third kappa shape index (κ3) is 8.19. The number of carbonyl (C=O) groups excluding carboxylic acids is 3. The molecule has 0 aliphatic rings. The number of alkyl carbamates (subject to hydrolysis) is 1. The van der Waals surface area contributed by atoms with Crippen molar-refractivity contribution >= 4 is 36.2 Å². The van der Waals surface area contributed by atoms with E-state index in [1.165, 1.54) is 4.90 Å². The van der Waals surface area contributed by atoms with Crippen LogP contribution in [0.1, 0.15) is 50.4 Å². The molecule has 2 N–H and O–H groups in total. The highest BCUT2D eigenvalue weighted by Crippen LogP contribution is 2.27. The number of aryl methyl sites for hydroxylation is 2. The summed E-state index contributed by atoms with van der Waals surface area (Å²) in [6, 6.07) is 10.8. The number of thiol groups is 1. The van der Waals surface area contributed by atoms with Gasteiger partial charge in [0.2, 0.25) is 5.91 Å². The van der Waals surface area contributed by atoms with E-state index in [4.69, 9.17) is 9.47 Å². The lowest BCUT2D eigenvalue weighted by Gasteiger charge is -2.33. The number of anilines is 1. The first kappa shape index (κ1) is 29.0. The Hall–Kier alpha value is -3.20. The quantitative estimate of drug-likeness (QED) is 0.422. The van der Waals surface area contributed by atoms with Crippen LogP contribution < -0.4 is 15.4 Å². The van der Waals surface area contributed by atoms with Crippen LogP contribution in [0.2, 0.25) is 0 Å². The second kappa shape index (κ2) is 12.7. The van der Waals surface area contributed by atoms with E-state index in [0.717, 1.165) is 11.1 Å². The average molecular weight is 516 g/mol. The molecular weight excluding hydrogens is 478 g/mol. The molecule has 0 saturated heterocycles. The second-order valence-corrected chi connectivity index (χ2v) is 9.91. The van der Waals surface area contributed by atoms with Gasteiger partial charge in [0.25, 0.3) is 5.91 Å². The van der Waals surface area contributed by atoms with Gasteiger partial charge in [0.05, 0.1) is 7.11 Å². The smallest absolute Gasteiger partial charge is 0.408 e. The molecule has 0 aliphatic heterocycles. The van der Waals surface area contributed by atoms with Crippen LogP contribution in [0.4, 0.5) is 10.5 Å². The van der Waals surface area contributed by atoms with Crippen molar-refractivity contribution in [3.05, 3.63) is 59.2 Å². The molecule has 0 spiro atoms. The van der Waals surface area contributed by atoms with Gasteiger partial charge in [0.1, 0.15) is 23.4 Å². The van der Waals surface area contributed by atoms with E-state index in [1.807, 2.05) is 32.0 Å². The normalized spacial score (nSPS) is 12.8. The number of hydrogen-bond acceptors (Lipinski definition) is 6. The molecule has 2 atom stereocenters. The lowest BCUT2D eigenvalue weighted by atomic mass is 9.98. The van der Waals surface area contributed by atoms with Crippen molar-refractivity contribution in [2.75, 3.05) is 24.7 Å². The van der Waals surface area contributed by atoms with Gasteiger partial charge >= 0.3 is 6.09 Å². The summed E-state index contributed by atoms with van der Waals surface area (Å²) in [7, 11) is 1.57. The SMILES string of the molecule is CCN(C(=O)C(CS)NC(=O)OC(C)(C)C)C(C(=O)Nc1ccc(OC)cc1)c1cc(C)cc(C)c1. The van der Waals surface area contributed by atoms with Crippen LogP contribution in [-0.2, 0) is 14.3 Å². The Morgan fingerprint density at radius 1 is 1.03 bits per heavy atom. The summed E-state index contributed by atoms with van der Waals surface area (Å²) in [5, 5.41) is 5.50.